The Bertz CT molecular complexity index is 369. The Morgan fingerprint density at radius 3 is 2.16 bits per heavy atom. The summed E-state index contributed by atoms with van der Waals surface area (Å²) < 4.78 is 0. The van der Waals surface area contributed by atoms with Gasteiger partial charge >= 0.3 is 12.0 Å². The van der Waals surface area contributed by atoms with Crippen molar-refractivity contribution >= 4 is 12.0 Å². The molecule has 0 spiro atoms. The molecule has 0 aromatic carbocycles. The molecule has 1 aliphatic carbocycles. The minimum Gasteiger partial charge on any atom is -0.481 e. The zero-order valence-electron chi connectivity index (χ0n) is 11.9. The first-order chi connectivity index (χ1) is 8.85. The molecule has 2 fully saturated rings. The number of likely N-dealkylation sites (tertiary alicyclic amines) is 1. The summed E-state index contributed by atoms with van der Waals surface area (Å²) in [7, 11) is 0. The van der Waals surface area contributed by atoms with E-state index in [2.05, 4.69) is 12.2 Å². The molecule has 5 nitrogen and oxygen atoms in total. The fourth-order valence-electron chi connectivity index (χ4n) is 2.78. The van der Waals surface area contributed by atoms with Crippen LogP contribution in [0.5, 0.6) is 0 Å². The molecule has 2 N–H and O–H groups in total. The van der Waals surface area contributed by atoms with Crippen molar-refractivity contribution in [3.63, 3.8) is 0 Å². The molecular formula is C14H24N2O3. The monoisotopic (exact) mass is 268 g/mol. The first-order valence-electron chi connectivity index (χ1n) is 7.11. The number of carbonyl (C=O) groups excluding carboxylic acids is 1. The fraction of sp³-hybridized carbons (Fsp3) is 0.857. The molecule has 1 saturated carbocycles. The lowest BCUT2D eigenvalue weighted by molar-refractivity contribution is -0.150. The number of piperidine rings is 1. The molecule has 1 heterocycles. The van der Waals surface area contributed by atoms with Crippen LogP contribution in [-0.4, -0.2) is 41.6 Å². The van der Waals surface area contributed by atoms with Crippen LogP contribution >= 0.6 is 0 Å². The van der Waals surface area contributed by atoms with E-state index in [1.54, 1.807) is 11.8 Å². The average molecular weight is 268 g/mol. The van der Waals surface area contributed by atoms with Crippen molar-refractivity contribution in [1.29, 1.82) is 0 Å². The number of rotatable bonds is 3. The van der Waals surface area contributed by atoms with Gasteiger partial charge in [-0.15, -0.1) is 0 Å². The van der Waals surface area contributed by atoms with Crippen LogP contribution in [0.1, 0.15) is 46.0 Å². The lowest BCUT2D eigenvalue weighted by atomic mass is 9.70. The maximum absolute atomic E-state index is 12.0. The Balaban J connectivity index is 1.77. The van der Waals surface area contributed by atoms with Crippen molar-refractivity contribution in [2.45, 2.75) is 46.0 Å². The number of hydrogen-bond acceptors (Lipinski definition) is 2. The molecule has 2 aliphatic rings. The van der Waals surface area contributed by atoms with Crippen LogP contribution in [0.2, 0.25) is 0 Å². The van der Waals surface area contributed by atoms with Gasteiger partial charge in [0, 0.05) is 19.6 Å². The number of urea groups is 1. The third-order valence-electron chi connectivity index (χ3n) is 4.90. The van der Waals surface area contributed by atoms with Crippen LogP contribution in [0, 0.1) is 10.8 Å². The maximum Gasteiger partial charge on any atom is 0.317 e. The Morgan fingerprint density at radius 1 is 1.16 bits per heavy atom. The second kappa shape index (κ2) is 5.02. The quantitative estimate of drug-likeness (QED) is 0.823. The summed E-state index contributed by atoms with van der Waals surface area (Å²) in [6, 6.07) is -0.0411. The molecule has 0 aromatic rings. The van der Waals surface area contributed by atoms with Crippen LogP contribution in [0.15, 0.2) is 0 Å². The molecule has 0 atom stereocenters. The highest BCUT2D eigenvalue weighted by atomic mass is 16.4. The topological polar surface area (TPSA) is 69.6 Å². The number of nitrogens with zero attached hydrogens (tertiary/aromatic N) is 1. The van der Waals surface area contributed by atoms with E-state index >= 15 is 0 Å². The molecule has 19 heavy (non-hydrogen) atoms. The number of amides is 2. The summed E-state index contributed by atoms with van der Waals surface area (Å²) in [5, 5.41) is 12.1. The molecule has 108 valence electrons. The normalized spacial score (nSPS) is 24.4. The Hall–Kier alpha value is -1.26. The zero-order valence-corrected chi connectivity index (χ0v) is 11.9. The summed E-state index contributed by atoms with van der Waals surface area (Å²) in [6.45, 7) is 5.77. The highest BCUT2D eigenvalue weighted by Crippen LogP contribution is 2.39. The molecular weight excluding hydrogens is 244 g/mol. The van der Waals surface area contributed by atoms with Gasteiger partial charge in [0.15, 0.2) is 0 Å². The Morgan fingerprint density at radius 2 is 1.74 bits per heavy atom. The predicted molar refractivity (Wildman–Crippen MR) is 71.9 cm³/mol. The van der Waals surface area contributed by atoms with Crippen molar-refractivity contribution in [2.75, 3.05) is 19.6 Å². The number of carboxylic acids is 1. The second-order valence-electron chi connectivity index (χ2n) is 6.68. The van der Waals surface area contributed by atoms with Crippen LogP contribution in [0.3, 0.4) is 0 Å². The van der Waals surface area contributed by atoms with Crippen molar-refractivity contribution in [3.05, 3.63) is 0 Å². The third-order valence-corrected chi connectivity index (χ3v) is 4.90. The van der Waals surface area contributed by atoms with Crippen LogP contribution < -0.4 is 5.32 Å². The van der Waals surface area contributed by atoms with Crippen molar-refractivity contribution in [2.24, 2.45) is 10.8 Å². The molecule has 5 heteroatoms. The molecule has 2 amide bonds. The molecule has 2 rings (SSSR count). The summed E-state index contributed by atoms with van der Waals surface area (Å²) in [6.07, 6.45) is 4.70. The van der Waals surface area contributed by atoms with E-state index in [1.165, 1.54) is 19.3 Å². The van der Waals surface area contributed by atoms with Crippen LogP contribution in [0.25, 0.3) is 0 Å². The SMILES string of the molecule is CC1(CNC(=O)N2CCC(C)(C(=O)O)CC2)CCC1. The molecule has 0 unspecified atom stereocenters. The summed E-state index contributed by atoms with van der Waals surface area (Å²) in [5.74, 6) is -0.755. The van der Waals surface area contributed by atoms with E-state index in [4.69, 9.17) is 5.11 Å². The lowest BCUT2D eigenvalue weighted by Gasteiger charge is -2.40. The summed E-state index contributed by atoms with van der Waals surface area (Å²) in [4.78, 5) is 24.9. The van der Waals surface area contributed by atoms with E-state index < -0.39 is 11.4 Å². The molecule has 0 radical (unpaired) electrons. The van der Waals surface area contributed by atoms with Gasteiger partial charge in [0.1, 0.15) is 0 Å². The Kier molecular flexibility index (Phi) is 3.74. The van der Waals surface area contributed by atoms with E-state index in [1.807, 2.05) is 0 Å². The van der Waals surface area contributed by atoms with E-state index in [-0.39, 0.29) is 11.4 Å². The van der Waals surface area contributed by atoms with Gasteiger partial charge in [-0.2, -0.15) is 0 Å². The van der Waals surface area contributed by atoms with Crippen LogP contribution in [-0.2, 0) is 4.79 Å². The van der Waals surface area contributed by atoms with Gasteiger partial charge in [-0.05, 0) is 38.0 Å². The second-order valence-corrected chi connectivity index (χ2v) is 6.68. The average Bonchev–Trinajstić information content (AvgIpc) is 2.34. The fourth-order valence-corrected chi connectivity index (χ4v) is 2.78. The zero-order chi connectivity index (χ0) is 14.1. The van der Waals surface area contributed by atoms with Gasteiger partial charge in [-0.3, -0.25) is 4.79 Å². The molecule has 1 aliphatic heterocycles. The van der Waals surface area contributed by atoms with Gasteiger partial charge in [0.05, 0.1) is 5.41 Å². The van der Waals surface area contributed by atoms with E-state index in [9.17, 15) is 9.59 Å². The van der Waals surface area contributed by atoms with Crippen molar-refractivity contribution in [1.82, 2.24) is 10.2 Å². The van der Waals surface area contributed by atoms with E-state index in [0.717, 1.165) is 6.54 Å². The number of aliphatic carboxylic acids is 1. The molecule has 0 aromatic heterocycles. The number of nitrogens with one attached hydrogen (secondary N) is 1. The maximum atomic E-state index is 12.0. The minimum atomic E-state index is -0.755. The van der Waals surface area contributed by atoms with E-state index in [0.29, 0.717) is 25.9 Å². The van der Waals surface area contributed by atoms with Crippen LogP contribution in [0.4, 0.5) is 4.79 Å². The summed E-state index contributed by atoms with van der Waals surface area (Å²) >= 11 is 0. The molecule has 1 saturated heterocycles. The summed E-state index contributed by atoms with van der Waals surface area (Å²) in [5.41, 5.74) is -0.391. The Labute approximate surface area is 114 Å². The van der Waals surface area contributed by atoms with Gasteiger partial charge in [0.25, 0.3) is 0 Å². The van der Waals surface area contributed by atoms with Gasteiger partial charge < -0.3 is 15.3 Å². The first-order valence-corrected chi connectivity index (χ1v) is 7.11. The number of hydrogen-bond donors (Lipinski definition) is 2. The lowest BCUT2D eigenvalue weighted by Crippen LogP contribution is -2.51. The number of carbonyl (C=O) groups is 2. The highest BCUT2D eigenvalue weighted by molar-refractivity contribution is 5.77. The van der Waals surface area contributed by atoms with Gasteiger partial charge in [0.2, 0.25) is 0 Å². The number of carboxylic acid groups (broad SMARTS) is 1. The van der Waals surface area contributed by atoms with Gasteiger partial charge in [-0.1, -0.05) is 13.3 Å². The van der Waals surface area contributed by atoms with Crippen molar-refractivity contribution < 1.29 is 14.7 Å². The molecule has 0 bridgehead atoms. The standard InChI is InChI=1S/C14H24N2O3/c1-13(4-3-5-13)10-15-12(19)16-8-6-14(2,7-9-16)11(17)18/h3-10H2,1-2H3,(H,15,19)(H,17,18). The predicted octanol–water partition coefficient (Wildman–Crippen LogP) is 2.07. The highest BCUT2D eigenvalue weighted by Gasteiger charge is 2.38. The van der Waals surface area contributed by atoms with Crippen molar-refractivity contribution in [3.8, 4) is 0 Å². The largest absolute Gasteiger partial charge is 0.481 e. The minimum absolute atomic E-state index is 0.0411. The smallest absolute Gasteiger partial charge is 0.317 e. The van der Waals surface area contributed by atoms with Gasteiger partial charge in [-0.25, -0.2) is 4.79 Å². The third kappa shape index (κ3) is 3.01. The first kappa shape index (κ1) is 14.2.